The Morgan fingerprint density at radius 2 is 2.10 bits per heavy atom. The first-order valence-electron chi connectivity index (χ1n) is 9.35. The first-order chi connectivity index (χ1) is 14.6. The van der Waals surface area contributed by atoms with Gasteiger partial charge in [-0.3, -0.25) is 4.79 Å². The van der Waals surface area contributed by atoms with E-state index in [-0.39, 0.29) is 24.5 Å². The molecule has 3 rings (SSSR count). The molecule has 0 bridgehead atoms. The molecule has 2 aromatic rings. The lowest BCUT2D eigenvalue weighted by atomic mass is 10.1. The number of alkyl halides is 3. The zero-order valence-electron chi connectivity index (χ0n) is 16.9. The van der Waals surface area contributed by atoms with E-state index in [1.807, 2.05) is 19.0 Å². The maximum Gasteiger partial charge on any atom is 0.573 e. The molecule has 0 atom stereocenters. The van der Waals surface area contributed by atoms with E-state index in [9.17, 15) is 22.8 Å². The number of carbonyl (C=O) groups is 2. The van der Waals surface area contributed by atoms with Crippen LogP contribution in [0.1, 0.15) is 21.7 Å². The molecule has 0 radical (unpaired) electrons. The summed E-state index contributed by atoms with van der Waals surface area (Å²) >= 11 is 0. The topological polar surface area (TPSA) is 97.1 Å². The average Bonchev–Trinajstić information content (AvgIpc) is 3.08. The van der Waals surface area contributed by atoms with Crippen molar-refractivity contribution < 1.29 is 36.8 Å². The van der Waals surface area contributed by atoms with E-state index in [1.165, 1.54) is 17.0 Å². The highest BCUT2D eigenvalue weighted by molar-refractivity contribution is 5.94. The molecule has 9 nitrogen and oxygen atoms in total. The molecule has 0 unspecified atom stereocenters. The van der Waals surface area contributed by atoms with Crippen molar-refractivity contribution in [1.29, 1.82) is 0 Å². The summed E-state index contributed by atoms with van der Waals surface area (Å²) in [6, 6.07) is 4.83. The summed E-state index contributed by atoms with van der Waals surface area (Å²) in [7, 11) is 3.72. The maximum atomic E-state index is 12.8. The third-order valence-electron chi connectivity index (χ3n) is 4.41. The zero-order valence-corrected chi connectivity index (χ0v) is 16.9. The monoisotopic (exact) mass is 442 g/mol. The fourth-order valence-corrected chi connectivity index (χ4v) is 2.95. The summed E-state index contributed by atoms with van der Waals surface area (Å²) in [4.78, 5) is 28.0. The summed E-state index contributed by atoms with van der Waals surface area (Å²) in [6.07, 6.45) is -5.25. The Bertz CT molecular complexity index is 945. The van der Waals surface area contributed by atoms with Crippen molar-refractivity contribution in [2.24, 2.45) is 0 Å². The molecule has 0 fully saturated rings. The van der Waals surface area contributed by atoms with Crippen LogP contribution in [0.15, 0.2) is 28.8 Å². The minimum atomic E-state index is -4.86. The molecule has 1 aliphatic heterocycles. The van der Waals surface area contributed by atoms with E-state index in [0.29, 0.717) is 30.8 Å². The highest BCUT2D eigenvalue weighted by Crippen LogP contribution is 2.29. The van der Waals surface area contributed by atoms with Crippen molar-refractivity contribution in [2.45, 2.75) is 19.3 Å². The number of amides is 2. The van der Waals surface area contributed by atoms with Crippen LogP contribution in [0.25, 0.3) is 0 Å². The van der Waals surface area contributed by atoms with Gasteiger partial charge >= 0.3 is 12.5 Å². The predicted molar refractivity (Wildman–Crippen MR) is 101 cm³/mol. The number of aromatic nitrogens is 1. The van der Waals surface area contributed by atoms with Crippen molar-refractivity contribution >= 4 is 12.0 Å². The van der Waals surface area contributed by atoms with Crippen LogP contribution >= 0.6 is 0 Å². The number of halogens is 3. The number of benzene rings is 1. The fraction of sp³-hybridized carbons (Fsp3) is 0.421. The number of nitrogens with one attached hydrogen (secondary N) is 1. The number of rotatable bonds is 6. The van der Waals surface area contributed by atoms with E-state index in [2.05, 4.69) is 15.2 Å². The Morgan fingerprint density at radius 3 is 2.81 bits per heavy atom. The van der Waals surface area contributed by atoms with E-state index < -0.39 is 24.1 Å². The van der Waals surface area contributed by atoms with Gasteiger partial charge in [0.1, 0.15) is 11.5 Å². The van der Waals surface area contributed by atoms with Gasteiger partial charge in [0, 0.05) is 31.6 Å². The molecular weight excluding hydrogens is 421 g/mol. The number of ether oxygens (including phenoxy) is 2. The van der Waals surface area contributed by atoms with Crippen molar-refractivity contribution in [3.8, 4) is 11.6 Å². The molecular formula is C19H21F3N4O5. The molecule has 2 amide bonds. The van der Waals surface area contributed by atoms with Crippen LogP contribution in [-0.4, -0.2) is 67.0 Å². The van der Waals surface area contributed by atoms with E-state index >= 15 is 0 Å². The third-order valence-corrected chi connectivity index (χ3v) is 4.41. The Kier molecular flexibility index (Phi) is 6.68. The quantitative estimate of drug-likeness (QED) is 0.734. The Labute approximate surface area is 175 Å². The average molecular weight is 442 g/mol. The summed E-state index contributed by atoms with van der Waals surface area (Å²) in [5.74, 6) is -0.557. The number of fused-ring (bicyclic) bond motifs is 1. The summed E-state index contributed by atoms with van der Waals surface area (Å²) in [5.41, 5.74) is 0.468. The number of carbonyl (C=O) groups excluding carboxylic acids is 2. The Hall–Kier alpha value is -3.28. The standard InChI is InChI=1S/C19H21F3N4O5/c1-25(2)9-7-23-18(28)29-16-14-11-26(8-6-15(14)31-24-16)17(27)12-4-3-5-13(10-12)30-19(20,21)22/h3-5,10H,6-9,11H2,1-2H3,(H,23,28). The van der Waals surface area contributed by atoms with Crippen LogP contribution in [0, 0.1) is 0 Å². The number of hydrogen-bond donors (Lipinski definition) is 1. The molecule has 168 valence electrons. The molecule has 12 heteroatoms. The van der Waals surface area contributed by atoms with Crippen LogP contribution < -0.4 is 14.8 Å². The van der Waals surface area contributed by atoms with Gasteiger partial charge < -0.3 is 29.1 Å². The zero-order chi connectivity index (χ0) is 22.6. The highest BCUT2D eigenvalue weighted by Gasteiger charge is 2.32. The third kappa shape index (κ3) is 6.10. The van der Waals surface area contributed by atoms with Crippen molar-refractivity contribution in [3.63, 3.8) is 0 Å². The highest BCUT2D eigenvalue weighted by atomic mass is 19.4. The molecule has 0 spiro atoms. The van der Waals surface area contributed by atoms with Gasteiger partial charge in [-0.05, 0) is 37.5 Å². The lowest BCUT2D eigenvalue weighted by Gasteiger charge is -2.26. The molecule has 1 aromatic carbocycles. The normalized spacial score (nSPS) is 13.7. The SMILES string of the molecule is CN(C)CCNC(=O)Oc1noc2c1CN(C(=O)c1cccc(OC(F)(F)F)c1)CC2. The second-order valence-corrected chi connectivity index (χ2v) is 7.06. The molecule has 1 N–H and O–H groups in total. The first kappa shape index (κ1) is 22.4. The predicted octanol–water partition coefficient (Wildman–Crippen LogP) is 2.42. The van der Waals surface area contributed by atoms with E-state index in [4.69, 9.17) is 9.26 Å². The molecule has 0 aliphatic carbocycles. The van der Waals surface area contributed by atoms with E-state index in [1.54, 1.807) is 0 Å². The van der Waals surface area contributed by atoms with Crippen LogP contribution in [0.2, 0.25) is 0 Å². The summed E-state index contributed by atoms with van der Waals surface area (Å²) in [5, 5.41) is 6.32. The Balaban J connectivity index is 1.67. The van der Waals surface area contributed by atoms with Crippen LogP contribution in [0.5, 0.6) is 11.6 Å². The Morgan fingerprint density at radius 1 is 1.32 bits per heavy atom. The van der Waals surface area contributed by atoms with Crippen LogP contribution in [0.4, 0.5) is 18.0 Å². The summed E-state index contributed by atoms with van der Waals surface area (Å²) in [6.45, 7) is 1.28. The van der Waals surface area contributed by atoms with Crippen molar-refractivity contribution in [2.75, 3.05) is 33.7 Å². The molecule has 1 aliphatic rings. The van der Waals surface area contributed by atoms with Gasteiger partial charge in [-0.15, -0.1) is 13.2 Å². The number of hydrogen-bond acceptors (Lipinski definition) is 7. The number of nitrogens with zero attached hydrogens (tertiary/aromatic N) is 3. The molecule has 0 saturated carbocycles. The minimum absolute atomic E-state index is 0.0301. The summed E-state index contributed by atoms with van der Waals surface area (Å²) < 4.78 is 51.6. The first-order valence-corrected chi connectivity index (χ1v) is 9.35. The second-order valence-electron chi connectivity index (χ2n) is 7.06. The van der Waals surface area contributed by atoms with Gasteiger partial charge in [0.25, 0.3) is 11.8 Å². The molecule has 1 aromatic heterocycles. The molecule has 31 heavy (non-hydrogen) atoms. The largest absolute Gasteiger partial charge is 0.573 e. The lowest BCUT2D eigenvalue weighted by molar-refractivity contribution is -0.274. The van der Waals surface area contributed by atoms with Gasteiger partial charge in [-0.2, -0.15) is 0 Å². The van der Waals surface area contributed by atoms with Gasteiger partial charge in [-0.1, -0.05) is 6.07 Å². The van der Waals surface area contributed by atoms with Crippen molar-refractivity contribution in [3.05, 3.63) is 41.2 Å². The minimum Gasteiger partial charge on any atom is -0.406 e. The van der Waals surface area contributed by atoms with Crippen LogP contribution in [-0.2, 0) is 13.0 Å². The van der Waals surface area contributed by atoms with Gasteiger partial charge in [0.05, 0.1) is 12.1 Å². The second kappa shape index (κ2) is 9.25. The van der Waals surface area contributed by atoms with E-state index in [0.717, 1.165) is 12.1 Å². The smallest absolute Gasteiger partial charge is 0.406 e. The lowest BCUT2D eigenvalue weighted by Crippen LogP contribution is -2.36. The molecule has 0 saturated heterocycles. The van der Waals surface area contributed by atoms with Gasteiger partial charge in [0.15, 0.2) is 0 Å². The van der Waals surface area contributed by atoms with Gasteiger partial charge in [-0.25, -0.2) is 4.79 Å². The fourth-order valence-electron chi connectivity index (χ4n) is 2.95. The van der Waals surface area contributed by atoms with Crippen molar-refractivity contribution in [1.82, 2.24) is 20.3 Å². The molecule has 2 heterocycles. The van der Waals surface area contributed by atoms with Crippen LogP contribution in [0.3, 0.4) is 0 Å². The maximum absolute atomic E-state index is 12.8. The number of likely N-dealkylation sites (N-methyl/N-ethyl adjacent to an activating group) is 1. The van der Waals surface area contributed by atoms with Gasteiger partial charge in [0.2, 0.25) is 0 Å².